The van der Waals surface area contributed by atoms with Gasteiger partial charge in [0, 0.05) is 17.8 Å². The highest BCUT2D eigenvalue weighted by Gasteiger charge is 2.13. The summed E-state index contributed by atoms with van der Waals surface area (Å²) in [6.07, 6.45) is 0.995. The molecule has 1 heterocycles. The highest BCUT2D eigenvalue weighted by Crippen LogP contribution is 2.21. The minimum absolute atomic E-state index is 0.0573. The number of aryl methyl sites for hydroxylation is 2. The van der Waals surface area contributed by atoms with Gasteiger partial charge in [-0.25, -0.2) is 0 Å². The van der Waals surface area contributed by atoms with Gasteiger partial charge in [0.15, 0.2) is 0 Å². The number of aliphatic carboxylic acids is 1. The number of carboxylic acids is 1. The molecule has 0 fully saturated rings. The third-order valence-electron chi connectivity index (χ3n) is 2.76. The summed E-state index contributed by atoms with van der Waals surface area (Å²) < 4.78 is 0. The molecule has 100 valence electrons. The van der Waals surface area contributed by atoms with Gasteiger partial charge in [-0.1, -0.05) is 13.8 Å². The van der Waals surface area contributed by atoms with Gasteiger partial charge in [-0.3, -0.25) is 9.59 Å². The van der Waals surface area contributed by atoms with Crippen LogP contribution in [0.25, 0.3) is 0 Å². The van der Waals surface area contributed by atoms with Crippen LogP contribution in [-0.2, 0) is 11.2 Å². The Hall–Kier alpha value is -1.36. The van der Waals surface area contributed by atoms with E-state index in [0.717, 1.165) is 6.42 Å². The van der Waals surface area contributed by atoms with Gasteiger partial charge in [0.2, 0.25) is 0 Å². The van der Waals surface area contributed by atoms with E-state index < -0.39 is 5.97 Å². The van der Waals surface area contributed by atoms with Gasteiger partial charge in [-0.2, -0.15) is 0 Å². The first-order chi connectivity index (χ1) is 8.43. The third kappa shape index (κ3) is 4.14. The van der Waals surface area contributed by atoms with E-state index in [9.17, 15) is 9.59 Å². The molecule has 18 heavy (non-hydrogen) atoms. The van der Waals surface area contributed by atoms with Crippen LogP contribution in [0.1, 0.15) is 40.4 Å². The fourth-order valence-electron chi connectivity index (χ4n) is 1.71. The van der Waals surface area contributed by atoms with E-state index in [1.165, 1.54) is 21.8 Å². The molecule has 1 amide bonds. The lowest BCUT2D eigenvalue weighted by atomic mass is 10.1. The topological polar surface area (TPSA) is 66.4 Å². The zero-order valence-electron chi connectivity index (χ0n) is 10.9. The van der Waals surface area contributed by atoms with E-state index in [1.807, 2.05) is 19.9 Å². The number of thiophene rings is 1. The van der Waals surface area contributed by atoms with Gasteiger partial charge in [0.25, 0.3) is 5.91 Å². The van der Waals surface area contributed by atoms with Crippen molar-refractivity contribution < 1.29 is 14.7 Å². The van der Waals surface area contributed by atoms with Gasteiger partial charge in [0.1, 0.15) is 0 Å². The summed E-state index contributed by atoms with van der Waals surface area (Å²) in [5.41, 5.74) is 1.20. The predicted octanol–water partition coefficient (Wildman–Crippen LogP) is 2.46. The zero-order valence-corrected chi connectivity index (χ0v) is 11.8. The second-order valence-electron chi connectivity index (χ2n) is 4.46. The van der Waals surface area contributed by atoms with Crippen LogP contribution in [0, 0.1) is 12.8 Å². The smallest absolute Gasteiger partial charge is 0.303 e. The van der Waals surface area contributed by atoms with Crippen molar-refractivity contribution in [2.24, 2.45) is 5.92 Å². The molecule has 0 aliphatic heterocycles. The molecule has 5 heteroatoms. The van der Waals surface area contributed by atoms with Crippen molar-refractivity contribution in [3.05, 3.63) is 21.4 Å². The summed E-state index contributed by atoms with van der Waals surface area (Å²) in [4.78, 5) is 24.2. The summed E-state index contributed by atoms with van der Waals surface area (Å²) in [5.74, 6) is -1.00. The minimum Gasteiger partial charge on any atom is -0.481 e. The van der Waals surface area contributed by atoms with Crippen molar-refractivity contribution in [1.29, 1.82) is 0 Å². The van der Waals surface area contributed by atoms with Crippen molar-refractivity contribution in [2.45, 2.75) is 33.6 Å². The van der Waals surface area contributed by atoms with Crippen molar-refractivity contribution >= 4 is 23.2 Å². The molecule has 0 spiro atoms. The SMILES string of the molecule is CCc1cc(C(=O)NCC(C)CC(=O)O)sc1C. The quantitative estimate of drug-likeness (QED) is 0.833. The van der Waals surface area contributed by atoms with Gasteiger partial charge < -0.3 is 10.4 Å². The Morgan fingerprint density at radius 3 is 2.67 bits per heavy atom. The van der Waals surface area contributed by atoms with E-state index in [1.54, 1.807) is 0 Å². The van der Waals surface area contributed by atoms with Gasteiger partial charge in [-0.05, 0) is 30.9 Å². The molecule has 1 unspecified atom stereocenters. The second kappa shape index (κ2) is 6.54. The first-order valence-electron chi connectivity index (χ1n) is 6.03. The number of nitrogens with one attached hydrogen (secondary N) is 1. The minimum atomic E-state index is -0.836. The van der Waals surface area contributed by atoms with Gasteiger partial charge in [0.05, 0.1) is 4.88 Å². The molecule has 0 aliphatic rings. The molecule has 0 saturated heterocycles. The fourth-order valence-corrected chi connectivity index (χ4v) is 2.74. The maximum absolute atomic E-state index is 11.9. The van der Waals surface area contributed by atoms with Crippen LogP contribution in [-0.4, -0.2) is 23.5 Å². The van der Waals surface area contributed by atoms with Crippen LogP contribution in [0.3, 0.4) is 0 Å². The molecule has 4 nitrogen and oxygen atoms in total. The molecule has 1 aromatic rings. The molecule has 0 aromatic carbocycles. The Labute approximate surface area is 111 Å². The number of carboxylic acid groups (broad SMARTS) is 1. The van der Waals surface area contributed by atoms with Crippen molar-refractivity contribution in [2.75, 3.05) is 6.54 Å². The van der Waals surface area contributed by atoms with E-state index in [0.29, 0.717) is 11.4 Å². The zero-order chi connectivity index (χ0) is 13.7. The standard InChI is InChI=1S/C13H19NO3S/c1-4-10-6-11(18-9(10)3)13(17)14-7-8(2)5-12(15)16/h6,8H,4-5,7H2,1-3H3,(H,14,17)(H,15,16). The molecule has 0 bridgehead atoms. The van der Waals surface area contributed by atoms with Crippen LogP contribution in [0.2, 0.25) is 0 Å². The maximum atomic E-state index is 11.9. The van der Waals surface area contributed by atoms with Crippen LogP contribution < -0.4 is 5.32 Å². The molecule has 1 rings (SSSR count). The summed E-state index contributed by atoms with van der Waals surface area (Å²) in [7, 11) is 0. The average molecular weight is 269 g/mol. The van der Waals surface area contributed by atoms with Crippen molar-refractivity contribution in [1.82, 2.24) is 5.32 Å². The van der Waals surface area contributed by atoms with Gasteiger partial charge >= 0.3 is 5.97 Å². The Bertz CT molecular complexity index is 439. The lowest BCUT2D eigenvalue weighted by Crippen LogP contribution is -2.28. The summed E-state index contributed by atoms with van der Waals surface area (Å²) >= 11 is 1.48. The average Bonchev–Trinajstić information content (AvgIpc) is 2.66. The number of hydrogen-bond donors (Lipinski definition) is 2. The molecule has 1 atom stereocenters. The number of amides is 1. The highest BCUT2D eigenvalue weighted by atomic mass is 32.1. The normalized spacial score (nSPS) is 12.2. The van der Waals surface area contributed by atoms with E-state index in [-0.39, 0.29) is 18.2 Å². The second-order valence-corrected chi connectivity index (χ2v) is 5.72. The van der Waals surface area contributed by atoms with Crippen LogP contribution in [0.5, 0.6) is 0 Å². The van der Waals surface area contributed by atoms with Crippen LogP contribution >= 0.6 is 11.3 Å². The van der Waals surface area contributed by atoms with Crippen LogP contribution in [0.15, 0.2) is 6.07 Å². The number of hydrogen-bond acceptors (Lipinski definition) is 3. The van der Waals surface area contributed by atoms with Crippen molar-refractivity contribution in [3.63, 3.8) is 0 Å². The first kappa shape index (κ1) is 14.7. The molecule has 0 saturated carbocycles. The summed E-state index contributed by atoms with van der Waals surface area (Å²) in [6.45, 7) is 6.27. The fraction of sp³-hybridized carbons (Fsp3) is 0.538. The Morgan fingerprint density at radius 2 is 2.17 bits per heavy atom. The third-order valence-corrected chi connectivity index (χ3v) is 3.85. The summed E-state index contributed by atoms with van der Waals surface area (Å²) in [6, 6.07) is 1.91. The molecular formula is C13H19NO3S. The summed E-state index contributed by atoms with van der Waals surface area (Å²) in [5, 5.41) is 11.4. The Balaban J connectivity index is 2.52. The molecule has 0 radical (unpaired) electrons. The number of carbonyl (C=O) groups is 2. The maximum Gasteiger partial charge on any atom is 0.303 e. The molecule has 2 N–H and O–H groups in total. The lowest BCUT2D eigenvalue weighted by molar-refractivity contribution is -0.137. The first-order valence-corrected chi connectivity index (χ1v) is 6.85. The molecular weight excluding hydrogens is 250 g/mol. The van der Waals surface area contributed by atoms with Gasteiger partial charge in [-0.15, -0.1) is 11.3 Å². The lowest BCUT2D eigenvalue weighted by Gasteiger charge is -2.09. The van der Waals surface area contributed by atoms with Crippen molar-refractivity contribution in [3.8, 4) is 0 Å². The van der Waals surface area contributed by atoms with E-state index >= 15 is 0 Å². The van der Waals surface area contributed by atoms with E-state index in [2.05, 4.69) is 12.2 Å². The number of rotatable bonds is 6. The molecule has 1 aromatic heterocycles. The predicted molar refractivity (Wildman–Crippen MR) is 72.2 cm³/mol. The van der Waals surface area contributed by atoms with Crippen LogP contribution in [0.4, 0.5) is 0 Å². The number of carbonyl (C=O) groups excluding carboxylic acids is 1. The highest BCUT2D eigenvalue weighted by molar-refractivity contribution is 7.14. The van der Waals surface area contributed by atoms with E-state index in [4.69, 9.17) is 5.11 Å². The molecule has 0 aliphatic carbocycles. The largest absolute Gasteiger partial charge is 0.481 e. The Kier molecular flexibility index (Phi) is 5.34. The monoisotopic (exact) mass is 269 g/mol. The Morgan fingerprint density at radius 1 is 1.50 bits per heavy atom.